The summed E-state index contributed by atoms with van der Waals surface area (Å²) in [4.78, 5) is 13.6. The number of hydrogen-bond donors (Lipinski definition) is 1. The lowest BCUT2D eigenvalue weighted by molar-refractivity contribution is 0.0695. The molecular formula is C17H22N2O2. The minimum atomic E-state index is -0.848. The van der Waals surface area contributed by atoms with Crippen LogP contribution >= 0.6 is 0 Å². The Hall–Kier alpha value is -2.02. The van der Waals surface area contributed by atoms with Crippen molar-refractivity contribution in [3.05, 3.63) is 29.3 Å². The Balaban J connectivity index is 2.11. The molecule has 2 rings (SSSR count). The molecule has 0 saturated carbocycles. The summed E-state index contributed by atoms with van der Waals surface area (Å²) >= 11 is 0. The largest absolute Gasteiger partial charge is 0.478 e. The van der Waals surface area contributed by atoms with E-state index in [9.17, 15) is 9.90 Å². The van der Waals surface area contributed by atoms with Gasteiger partial charge in [0.15, 0.2) is 0 Å². The van der Waals surface area contributed by atoms with Gasteiger partial charge in [-0.25, -0.2) is 4.79 Å². The quantitative estimate of drug-likeness (QED) is 0.900. The standard InChI is InChI=1S/C17H22N2O2/c1-17(2,12-18)9-5-11-19-10-4-7-13-14(16(20)21)6-3-8-15(13)19/h3,6,8H,4-5,7,9-11H2,1-2H3,(H,20,21). The summed E-state index contributed by atoms with van der Waals surface area (Å²) in [7, 11) is 0. The maximum Gasteiger partial charge on any atom is 0.336 e. The number of nitrogens with zero attached hydrogens (tertiary/aromatic N) is 2. The van der Waals surface area contributed by atoms with Gasteiger partial charge in [0.25, 0.3) is 0 Å². The molecule has 112 valence electrons. The van der Waals surface area contributed by atoms with Gasteiger partial charge in [-0.05, 0) is 57.2 Å². The maximum absolute atomic E-state index is 11.3. The minimum absolute atomic E-state index is 0.290. The van der Waals surface area contributed by atoms with Crippen molar-refractivity contribution in [3.63, 3.8) is 0 Å². The van der Waals surface area contributed by atoms with Crippen molar-refractivity contribution < 1.29 is 9.90 Å². The number of benzene rings is 1. The number of fused-ring (bicyclic) bond motifs is 1. The van der Waals surface area contributed by atoms with Crippen LogP contribution in [-0.4, -0.2) is 24.2 Å². The number of carbonyl (C=O) groups is 1. The Labute approximate surface area is 126 Å². The van der Waals surface area contributed by atoms with Crippen molar-refractivity contribution in [2.24, 2.45) is 5.41 Å². The van der Waals surface area contributed by atoms with Gasteiger partial charge in [-0.1, -0.05) is 6.07 Å². The molecular weight excluding hydrogens is 264 g/mol. The highest BCUT2D eigenvalue weighted by atomic mass is 16.4. The number of aromatic carboxylic acids is 1. The number of anilines is 1. The SMILES string of the molecule is CC(C)(C#N)CCCN1CCCc2c(C(=O)O)cccc21. The average molecular weight is 286 g/mol. The number of rotatable bonds is 5. The number of nitriles is 1. The third-order valence-corrected chi connectivity index (χ3v) is 4.11. The normalized spacial score (nSPS) is 14.4. The lowest BCUT2D eigenvalue weighted by Crippen LogP contribution is -2.31. The Morgan fingerprint density at radius 1 is 1.48 bits per heavy atom. The predicted molar refractivity (Wildman–Crippen MR) is 82.6 cm³/mol. The molecule has 1 N–H and O–H groups in total. The van der Waals surface area contributed by atoms with Crippen molar-refractivity contribution in [2.75, 3.05) is 18.0 Å². The summed E-state index contributed by atoms with van der Waals surface area (Å²) in [6.45, 7) is 5.75. The molecule has 0 bridgehead atoms. The van der Waals surface area contributed by atoms with Crippen molar-refractivity contribution >= 4 is 11.7 Å². The molecule has 1 aliphatic heterocycles. The van der Waals surface area contributed by atoms with Crippen LogP contribution in [0.15, 0.2) is 18.2 Å². The molecule has 0 aromatic heterocycles. The van der Waals surface area contributed by atoms with E-state index in [1.807, 2.05) is 26.0 Å². The van der Waals surface area contributed by atoms with E-state index in [0.717, 1.165) is 50.0 Å². The molecule has 1 aliphatic rings. The molecule has 4 heteroatoms. The molecule has 0 radical (unpaired) electrons. The van der Waals surface area contributed by atoms with Crippen LogP contribution in [0.2, 0.25) is 0 Å². The zero-order valence-electron chi connectivity index (χ0n) is 12.7. The highest BCUT2D eigenvalue weighted by molar-refractivity contribution is 5.91. The van der Waals surface area contributed by atoms with Gasteiger partial charge < -0.3 is 10.0 Å². The van der Waals surface area contributed by atoms with E-state index in [2.05, 4.69) is 11.0 Å². The Morgan fingerprint density at radius 3 is 2.90 bits per heavy atom. The minimum Gasteiger partial charge on any atom is -0.478 e. The van der Waals surface area contributed by atoms with E-state index >= 15 is 0 Å². The molecule has 0 spiro atoms. The van der Waals surface area contributed by atoms with Crippen LogP contribution in [0.3, 0.4) is 0 Å². The fourth-order valence-electron chi connectivity index (χ4n) is 2.90. The molecule has 0 aliphatic carbocycles. The first kappa shape index (κ1) is 15.4. The molecule has 0 fully saturated rings. The van der Waals surface area contributed by atoms with Crippen molar-refractivity contribution in [3.8, 4) is 6.07 Å². The monoisotopic (exact) mass is 286 g/mol. The van der Waals surface area contributed by atoms with Crippen LogP contribution in [0.5, 0.6) is 0 Å². The summed E-state index contributed by atoms with van der Waals surface area (Å²) in [5.74, 6) is -0.848. The zero-order valence-corrected chi connectivity index (χ0v) is 12.7. The van der Waals surface area contributed by atoms with Gasteiger partial charge in [0.2, 0.25) is 0 Å². The number of carboxylic acid groups (broad SMARTS) is 1. The second-order valence-electron chi connectivity index (χ2n) is 6.30. The van der Waals surface area contributed by atoms with E-state index in [1.54, 1.807) is 6.07 Å². The number of hydrogen-bond acceptors (Lipinski definition) is 3. The summed E-state index contributed by atoms with van der Waals surface area (Å²) in [6.07, 6.45) is 3.61. The first-order valence-electron chi connectivity index (χ1n) is 7.46. The smallest absolute Gasteiger partial charge is 0.336 e. The van der Waals surface area contributed by atoms with Gasteiger partial charge in [-0.3, -0.25) is 0 Å². The summed E-state index contributed by atoms with van der Waals surface area (Å²) < 4.78 is 0. The van der Waals surface area contributed by atoms with E-state index in [0.29, 0.717) is 5.56 Å². The van der Waals surface area contributed by atoms with Crippen LogP contribution in [-0.2, 0) is 6.42 Å². The molecule has 0 amide bonds. The molecule has 1 heterocycles. The zero-order chi connectivity index (χ0) is 15.5. The maximum atomic E-state index is 11.3. The molecule has 0 saturated heterocycles. The summed E-state index contributed by atoms with van der Waals surface area (Å²) in [5.41, 5.74) is 2.14. The van der Waals surface area contributed by atoms with Crippen molar-refractivity contribution in [1.29, 1.82) is 5.26 Å². The average Bonchev–Trinajstić information content (AvgIpc) is 2.46. The molecule has 4 nitrogen and oxygen atoms in total. The molecule has 0 unspecified atom stereocenters. The topological polar surface area (TPSA) is 64.3 Å². The predicted octanol–water partition coefficient (Wildman–Crippen LogP) is 3.47. The van der Waals surface area contributed by atoms with Gasteiger partial charge in [0.05, 0.1) is 17.0 Å². The molecule has 21 heavy (non-hydrogen) atoms. The highest BCUT2D eigenvalue weighted by Crippen LogP contribution is 2.31. The van der Waals surface area contributed by atoms with E-state index < -0.39 is 5.97 Å². The van der Waals surface area contributed by atoms with Crippen molar-refractivity contribution in [1.82, 2.24) is 0 Å². The van der Waals surface area contributed by atoms with Crippen LogP contribution in [0.25, 0.3) is 0 Å². The van der Waals surface area contributed by atoms with Gasteiger partial charge in [0, 0.05) is 18.8 Å². The van der Waals surface area contributed by atoms with Crippen LogP contribution < -0.4 is 4.90 Å². The Kier molecular flexibility index (Phi) is 4.52. The van der Waals surface area contributed by atoms with Gasteiger partial charge in [0.1, 0.15) is 0 Å². The first-order chi connectivity index (χ1) is 9.94. The van der Waals surface area contributed by atoms with Crippen LogP contribution in [0.1, 0.15) is 49.0 Å². The second-order valence-corrected chi connectivity index (χ2v) is 6.30. The first-order valence-corrected chi connectivity index (χ1v) is 7.46. The third kappa shape index (κ3) is 3.55. The van der Waals surface area contributed by atoms with Crippen molar-refractivity contribution in [2.45, 2.75) is 39.5 Å². The van der Waals surface area contributed by atoms with Crippen LogP contribution in [0, 0.1) is 16.7 Å². The van der Waals surface area contributed by atoms with Gasteiger partial charge in [-0.2, -0.15) is 5.26 Å². The van der Waals surface area contributed by atoms with Gasteiger partial charge in [-0.15, -0.1) is 0 Å². The lowest BCUT2D eigenvalue weighted by Gasteiger charge is -2.32. The fraction of sp³-hybridized carbons (Fsp3) is 0.529. The second kappa shape index (κ2) is 6.17. The van der Waals surface area contributed by atoms with E-state index in [-0.39, 0.29) is 5.41 Å². The fourth-order valence-corrected chi connectivity index (χ4v) is 2.90. The third-order valence-electron chi connectivity index (χ3n) is 4.11. The molecule has 1 aromatic carbocycles. The Morgan fingerprint density at radius 2 is 2.24 bits per heavy atom. The van der Waals surface area contributed by atoms with Gasteiger partial charge >= 0.3 is 5.97 Å². The number of carboxylic acids is 1. The molecule has 0 atom stereocenters. The lowest BCUT2D eigenvalue weighted by atomic mass is 9.89. The summed E-state index contributed by atoms with van der Waals surface area (Å²) in [5, 5.41) is 18.3. The van der Waals surface area contributed by atoms with Crippen LogP contribution in [0.4, 0.5) is 5.69 Å². The summed E-state index contributed by atoms with van der Waals surface area (Å²) in [6, 6.07) is 7.84. The highest BCUT2D eigenvalue weighted by Gasteiger charge is 2.22. The van der Waals surface area contributed by atoms with E-state index in [4.69, 9.17) is 5.26 Å². The van der Waals surface area contributed by atoms with E-state index in [1.165, 1.54) is 0 Å². The Bertz CT molecular complexity index is 573. The molecule has 1 aromatic rings.